The van der Waals surface area contributed by atoms with E-state index in [1.807, 2.05) is 0 Å². The molecule has 3 nitrogen and oxygen atoms in total. The van der Waals surface area contributed by atoms with E-state index in [1.54, 1.807) is 0 Å². The Hall–Kier alpha value is -0.830. The summed E-state index contributed by atoms with van der Waals surface area (Å²) in [6.45, 7) is 12.2. The van der Waals surface area contributed by atoms with Crippen LogP contribution < -0.4 is 5.32 Å². The van der Waals surface area contributed by atoms with Crippen LogP contribution in [0.25, 0.3) is 0 Å². The molecule has 0 radical (unpaired) electrons. The third-order valence-corrected chi connectivity index (χ3v) is 6.12. The standard InChI is InChI=1S/C18H31N3/c1-6-21-14(5)18(13(4)20-21)12(3)19-11(2)17-10-15-7-8-16(17)9-15/h11-12,15-17,19H,6-10H2,1-5H3. The minimum atomic E-state index is 0.402. The number of aryl methyl sites for hydroxylation is 2. The van der Waals surface area contributed by atoms with Gasteiger partial charge in [0.15, 0.2) is 0 Å². The van der Waals surface area contributed by atoms with Gasteiger partial charge in [0.1, 0.15) is 0 Å². The van der Waals surface area contributed by atoms with Gasteiger partial charge < -0.3 is 5.32 Å². The molecule has 0 saturated heterocycles. The van der Waals surface area contributed by atoms with E-state index in [0.717, 1.165) is 24.3 Å². The van der Waals surface area contributed by atoms with E-state index >= 15 is 0 Å². The third kappa shape index (κ3) is 2.65. The fraction of sp³-hybridized carbons (Fsp3) is 0.833. The van der Waals surface area contributed by atoms with Crippen molar-refractivity contribution < 1.29 is 0 Å². The molecule has 21 heavy (non-hydrogen) atoms. The maximum absolute atomic E-state index is 4.67. The van der Waals surface area contributed by atoms with Crippen LogP contribution in [0.4, 0.5) is 0 Å². The highest BCUT2D eigenvalue weighted by atomic mass is 15.3. The van der Waals surface area contributed by atoms with Crippen molar-refractivity contribution in [3.05, 3.63) is 17.0 Å². The van der Waals surface area contributed by atoms with Crippen LogP contribution in [-0.2, 0) is 6.54 Å². The van der Waals surface area contributed by atoms with Crippen molar-refractivity contribution in [1.82, 2.24) is 15.1 Å². The molecule has 1 N–H and O–H groups in total. The van der Waals surface area contributed by atoms with Crippen LogP contribution in [0.5, 0.6) is 0 Å². The van der Waals surface area contributed by atoms with Crippen LogP contribution in [0.3, 0.4) is 0 Å². The summed E-state index contributed by atoms with van der Waals surface area (Å²) in [6, 6.07) is 1.03. The average Bonchev–Trinajstić information content (AvgIpc) is 3.12. The first-order valence-electron chi connectivity index (χ1n) is 8.81. The summed E-state index contributed by atoms with van der Waals surface area (Å²) >= 11 is 0. The second-order valence-corrected chi connectivity index (χ2v) is 7.42. The largest absolute Gasteiger partial charge is 0.307 e. The molecule has 3 heteroatoms. The minimum Gasteiger partial charge on any atom is -0.307 e. The molecule has 5 unspecified atom stereocenters. The van der Waals surface area contributed by atoms with Crippen molar-refractivity contribution >= 4 is 0 Å². The van der Waals surface area contributed by atoms with Crippen LogP contribution in [0, 0.1) is 31.6 Å². The Bertz CT molecular complexity index is 505. The van der Waals surface area contributed by atoms with E-state index in [0.29, 0.717) is 12.1 Å². The van der Waals surface area contributed by atoms with Crippen LogP contribution >= 0.6 is 0 Å². The summed E-state index contributed by atoms with van der Waals surface area (Å²) in [7, 11) is 0. The molecule has 2 aliphatic carbocycles. The summed E-state index contributed by atoms with van der Waals surface area (Å²) in [5.41, 5.74) is 3.93. The highest BCUT2D eigenvalue weighted by Crippen LogP contribution is 2.49. The molecule has 0 spiro atoms. The van der Waals surface area contributed by atoms with Crippen LogP contribution in [0.2, 0.25) is 0 Å². The topological polar surface area (TPSA) is 29.9 Å². The van der Waals surface area contributed by atoms with Gasteiger partial charge in [-0.1, -0.05) is 6.42 Å². The molecule has 1 aromatic heterocycles. The van der Waals surface area contributed by atoms with E-state index in [9.17, 15) is 0 Å². The Morgan fingerprint density at radius 2 is 2.00 bits per heavy atom. The lowest BCUT2D eigenvalue weighted by Crippen LogP contribution is -2.38. The Kier molecular flexibility index (Phi) is 4.13. The SMILES string of the molecule is CCn1nc(C)c(C(C)NC(C)C2CC3CCC2C3)c1C. The van der Waals surface area contributed by atoms with Crippen LogP contribution in [0.15, 0.2) is 0 Å². The van der Waals surface area contributed by atoms with Gasteiger partial charge >= 0.3 is 0 Å². The molecule has 1 heterocycles. The third-order valence-electron chi connectivity index (χ3n) is 6.12. The molecule has 2 fully saturated rings. The second-order valence-electron chi connectivity index (χ2n) is 7.42. The van der Waals surface area contributed by atoms with Gasteiger partial charge in [0.05, 0.1) is 5.69 Å². The predicted molar refractivity (Wildman–Crippen MR) is 87.3 cm³/mol. The molecule has 2 aliphatic rings. The van der Waals surface area contributed by atoms with Gasteiger partial charge in [0.25, 0.3) is 0 Å². The quantitative estimate of drug-likeness (QED) is 0.888. The summed E-state index contributed by atoms with van der Waals surface area (Å²) in [5.74, 6) is 2.92. The number of hydrogen-bond donors (Lipinski definition) is 1. The van der Waals surface area contributed by atoms with Crippen molar-refractivity contribution in [3.63, 3.8) is 0 Å². The molecule has 0 amide bonds. The minimum absolute atomic E-state index is 0.402. The predicted octanol–water partition coefficient (Wildman–Crippen LogP) is 4.00. The zero-order chi connectivity index (χ0) is 15.1. The first-order valence-corrected chi connectivity index (χ1v) is 8.81. The highest BCUT2D eigenvalue weighted by Gasteiger charge is 2.42. The molecular formula is C18H31N3. The van der Waals surface area contributed by atoms with E-state index in [4.69, 9.17) is 0 Å². The van der Waals surface area contributed by atoms with Crippen molar-refractivity contribution in [3.8, 4) is 0 Å². The smallest absolute Gasteiger partial charge is 0.0644 e. The summed E-state index contributed by atoms with van der Waals surface area (Å²) in [6.07, 6.45) is 5.92. The average molecular weight is 289 g/mol. The first-order chi connectivity index (χ1) is 10.0. The van der Waals surface area contributed by atoms with Gasteiger partial charge in [0, 0.05) is 29.9 Å². The fourth-order valence-corrected chi connectivity index (χ4v) is 5.15. The van der Waals surface area contributed by atoms with Crippen LogP contribution in [0.1, 0.15) is 69.4 Å². The van der Waals surface area contributed by atoms with Crippen molar-refractivity contribution in [1.29, 1.82) is 0 Å². The van der Waals surface area contributed by atoms with E-state index in [2.05, 4.69) is 49.7 Å². The number of fused-ring (bicyclic) bond motifs is 2. The summed E-state index contributed by atoms with van der Waals surface area (Å²) in [4.78, 5) is 0. The number of nitrogens with zero attached hydrogens (tertiary/aromatic N) is 2. The molecule has 1 aromatic rings. The highest BCUT2D eigenvalue weighted by molar-refractivity contribution is 5.28. The zero-order valence-corrected chi connectivity index (χ0v) is 14.3. The monoisotopic (exact) mass is 289 g/mol. The lowest BCUT2D eigenvalue weighted by Gasteiger charge is -2.31. The molecule has 2 saturated carbocycles. The fourth-order valence-electron chi connectivity index (χ4n) is 5.15. The first kappa shape index (κ1) is 15.1. The number of rotatable bonds is 5. The Labute approximate surface area is 129 Å². The Morgan fingerprint density at radius 3 is 2.52 bits per heavy atom. The lowest BCUT2D eigenvalue weighted by atomic mass is 9.83. The molecule has 118 valence electrons. The van der Waals surface area contributed by atoms with Gasteiger partial charge in [-0.15, -0.1) is 0 Å². The van der Waals surface area contributed by atoms with E-state index < -0.39 is 0 Å². The van der Waals surface area contributed by atoms with Crippen LogP contribution in [-0.4, -0.2) is 15.8 Å². The number of nitrogens with one attached hydrogen (secondary N) is 1. The molecular weight excluding hydrogens is 258 g/mol. The molecule has 5 atom stereocenters. The van der Waals surface area contributed by atoms with Gasteiger partial charge in [-0.25, -0.2) is 0 Å². The number of hydrogen-bond acceptors (Lipinski definition) is 2. The van der Waals surface area contributed by atoms with Crippen molar-refractivity contribution in [2.75, 3.05) is 0 Å². The lowest BCUT2D eigenvalue weighted by molar-refractivity contribution is 0.248. The molecule has 3 rings (SSSR count). The van der Waals surface area contributed by atoms with Crippen molar-refractivity contribution in [2.45, 2.75) is 78.9 Å². The maximum atomic E-state index is 4.67. The Morgan fingerprint density at radius 1 is 1.24 bits per heavy atom. The van der Waals surface area contributed by atoms with E-state index in [-0.39, 0.29) is 0 Å². The number of aromatic nitrogens is 2. The summed E-state index contributed by atoms with van der Waals surface area (Å²) < 4.78 is 2.13. The van der Waals surface area contributed by atoms with Gasteiger partial charge in [-0.3, -0.25) is 4.68 Å². The summed E-state index contributed by atoms with van der Waals surface area (Å²) in [5, 5.41) is 8.56. The Balaban J connectivity index is 1.68. The van der Waals surface area contributed by atoms with Gasteiger partial charge in [0.2, 0.25) is 0 Å². The van der Waals surface area contributed by atoms with E-state index in [1.165, 1.54) is 42.6 Å². The normalized spacial score (nSPS) is 30.8. The zero-order valence-electron chi connectivity index (χ0n) is 14.3. The molecule has 0 aliphatic heterocycles. The molecule has 2 bridgehead atoms. The van der Waals surface area contributed by atoms with Gasteiger partial charge in [-0.2, -0.15) is 5.10 Å². The van der Waals surface area contributed by atoms with Crippen molar-refractivity contribution in [2.24, 2.45) is 17.8 Å². The maximum Gasteiger partial charge on any atom is 0.0644 e. The van der Waals surface area contributed by atoms with Gasteiger partial charge in [-0.05, 0) is 71.6 Å². The molecule has 0 aromatic carbocycles. The second kappa shape index (κ2) is 5.75.